The van der Waals surface area contributed by atoms with Crippen molar-refractivity contribution in [2.45, 2.75) is 39.7 Å². The number of hydrogen-bond acceptors (Lipinski definition) is 2. The van der Waals surface area contributed by atoms with Gasteiger partial charge in [0.25, 0.3) is 0 Å². The predicted molar refractivity (Wildman–Crippen MR) is 71.9 cm³/mol. The van der Waals surface area contributed by atoms with Crippen molar-refractivity contribution in [2.75, 3.05) is 0 Å². The highest BCUT2D eigenvalue weighted by Crippen LogP contribution is 2.33. The molecule has 0 saturated heterocycles. The molecule has 1 heterocycles. The number of furan rings is 1. The van der Waals surface area contributed by atoms with Crippen LogP contribution >= 0.6 is 0 Å². The van der Waals surface area contributed by atoms with Gasteiger partial charge in [-0.1, -0.05) is 20.3 Å². The summed E-state index contributed by atoms with van der Waals surface area (Å²) in [4.78, 5) is 0. The van der Waals surface area contributed by atoms with E-state index in [-0.39, 0.29) is 11.9 Å². The minimum Gasteiger partial charge on any atom is -0.459 e. The first kappa shape index (κ1) is 13.1. The van der Waals surface area contributed by atoms with Crippen molar-refractivity contribution >= 4 is 11.0 Å². The molecule has 18 heavy (non-hydrogen) atoms. The summed E-state index contributed by atoms with van der Waals surface area (Å²) in [6.45, 7) is 6.21. The van der Waals surface area contributed by atoms with Crippen LogP contribution < -0.4 is 5.73 Å². The third-order valence-corrected chi connectivity index (χ3v) is 3.59. The predicted octanol–water partition coefficient (Wildman–Crippen LogP) is 4.32. The molecule has 1 aromatic carbocycles. The lowest BCUT2D eigenvalue weighted by atomic mass is 9.94. The molecule has 98 valence electrons. The van der Waals surface area contributed by atoms with Crippen LogP contribution in [0.1, 0.15) is 44.1 Å². The quantitative estimate of drug-likeness (QED) is 0.876. The van der Waals surface area contributed by atoms with Crippen LogP contribution in [0.4, 0.5) is 4.39 Å². The average Bonchev–Trinajstić information content (AvgIpc) is 2.66. The molecule has 0 fully saturated rings. The van der Waals surface area contributed by atoms with E-state index in [1.807, 2.05) is 6.92 Å². The molecular formula is C15H20FNO. The van der Waals surface area contributed by atoms with Crippen molar-refractivity contribution in [3.63, 3.8) is 0 Å². The van der Waals surface area contributed by atoms with Gasteiger partial charge >= 0.3 is 0 Å². The largest absolute Gasteiger partial charge is 0.459 e. The van der Waals surface area contributed by atoms with E-state index in [1.165, 1.54) is 12.1 Å². The number of nitrogens with two attached hydrogens (primary N) is 1. The Bertz CT molecular complexity index is 547. The Morgan fingerprint density at radius 2 is 2.11 bits per heavy atom. The molecule has 3 heteroatoms. The number of aryl methyl sites for hydroxylation is 1. The van der Waals surface area contributed by atoms with Crippen molar-refractivity contribution in [3.05, 3.63) is 35.3 Å². The van der Waals surface area contributed by atoms with E-state index in [2.05, 4.69) is 13.8 Å². The Balaban J connectivity index is 2.42. The summed E-state index contributed by atoms with van der Waals surface area (Å²) in [6, 6.07) is 4.46. The number of halogens is 1. The Morgan fingerprint density at radius 1 is 1.39 bits per heavy atom. The summed E-state index contributed by atoms with van der Waals surface area (Å²) in [5.74, 6) is 0.906. The molecule has 0 radical (unpaired) electrons. The molecule has 1 aromatic heterocycles. The highest BCUT2D eigenvalue weighted by atomic mass is 19.1. The van der Waals surface area contributed by atoms with E-state index >= 15 is 0 Å². The SMILES string of the molecule is CCCC(C)C(N)c1oc2ccc(F)cc2c1C. The number of benzene rings is 1. The van der Waals surface area contributed by atoms with Gasteiger partial charge in [0.1, 0.15) is 17.2 Å². The average molecular weight is 249 g/mol. The molecule has 0 spiro atoms. The molecule has 2 nitrogen and oxygen atoms in total. The number of fused-ring (bicyclic) bond motifs is 1. The smallest absolute Gasteiger partial charge is 0.134 e. The zero-order valence-corrected chi connectivity index (χ0v) is 11.2. The molecule has 2 N–H and O–H groups in total. The fourth-order valence-electron chi connectivity index (χ4n) is 2.42. The van der Waals surface area contributed by atoms with Crippen LogP contribution in [0, 0.1) is 18.7 Å². The third-order valence-electron chi connectivity index (χ3n) is 3.59. The highest BCUT2D eigenvalue weighted by molar-refractivity contribution is 5.82. The van der Waals surface area contributed by atoms with Crippen LogP contribution in [0.2, 0.25) is 0 Å². The maximum Gasteiger partial charge on any atom is 0.134 e. The summed E-state index contributed by atoms with van der Waals surface area (Å²) in [5, 5.41) is 0.823. The summed E-state index contributed by atoms with van der Waals surface area (Å²) in [5.41, 5.74) is 7.91. The summed E-state index contributed by atoms with van der Waals surface area (Å²) >= 11 is 0. The van der Waals surface area contributed by atoms with Gasteiger partial charge in [-0.05, 0) is 37.5 Å². The van der Waals surface area contributed by atoms with E-state index in [0.717, 1.165) is 29.6 Å². The Morgan fingerprint density at radius 3 is 2.78 bits per heavy atom. The molecule has 0 aliphatic rings. The van der Waals surface area contributed by atoms with Crippen molar-refractivity contribution in [2.24, 2.45) is 11.7 Å². The van der Waals surface area contributed by atoms with Crippen molar-refractivity contribution in [1.82, 2.24) is 0 Å². The standard InChI is InChI=1S/C15H20FNO/c1-4-5-9(2)14(17)15-10(3)12-8-11(16)6-7-13(12)18-15/h6-9,14H,4-5,17H2,1-3H3. The van der Waals surface area contributed by atoms with Gasteiger partial charge < -0.3 is 10.2 Å². The monoisotopic (exact) mass is 249 g/mol. The lowest BCUT2D eigenvalue weighted by Crippen LogP contribution is -2.19. The zero-order valence-electron chi connectivity index (χ0n) is 11.2. The number of rotatable bonds is 4. The number of hydrogen-bond donors (Lipinski definition) is 1. The first-order valence-corrected chi connectivity index (χ1v) is 6.48. The van der Waals surface area contributed by atoms with Gasteiger partial charge in [0.15, 0.2) is 0 Å². The van der Waals surface area contributed by atoms with Crippen molar-refractivity contribution in [3.8, 4) is 0 Å². The minimum absolute atomic E-state index is 0.125. The molecule has 0 amide bonds. The third kappa shape index (κ3) is 2.27. The van der Waals surface area contributed by atoms with Gasteiger partial charge in [-0.2, -0.15) is 0 Å². The normalized spacial score (nSPS) is 14.9. The second-order valence-electron chi connectivity index (χ2n) is 5.02. The lowest BCUT2D eigenvalue weighted by Gasteiger charge is -2.17. The Hall–Kier alpha value is -1.35. The fraction of sp³-hybridized carbons (Fsp3) is 0.467. The van der Waals surface area contributed by atoms with Crippen LogP contribution in [-0.2, 0) is 0 Å². The van der Waals surface area contributed by atoms with E-state index in [9.17, 15) is 4.39 Å². The van der Waals surface area contributed by atoms with Gasteiger partial charge in [0.2, 0.25) is 0 Å². The van der Waals surface area contributed by atoms with Crippen LogP contribution in [-0.4, -0.2) is 0 Å². The van der Waals surface area contributed by atoms with E-state index in [4.69, 9.17) is 10.2 Å². The second kappa shape index (κ2) is 5.11. The van der Waals surface area contributed by atoms with Crippen LogP contribution in [0.5, 0.6) is 0 Å². The van der Waals surface area contributed by atoms with Crippen LogP contribution in [0.3, 0.4) is 0 Å². The first-order chi connectivity index (χ1) is 8.54. The van der Waals surface area contributed by atoms with E-state index in [1.54, 1.807) is 6.07 Å². The molecule has 2 atom stereocenters. The van der Waals surface area contributed by atoms with Gasteiger partial charge in [-0.25, -0.2) is 4.39 Å². The molecule has 2 rings (SSSR count). The first-order valence-electron chi connectivity index (χ1n) is 6.48. The van der Waals surface area contributed by atoms with Crippen LogP contribution in [0.15, 0.2) is 22.6 Å². The summed E-state index contributed by atoms with van der Waals surface area (Å²) in [7, 11) is 0. The molecule has 2 aromatic rings. The van der Waals surface area contributed by atoms with Gasteiger partial charge in [-0.15, -0.1) is 0 Å². The van der Waals surface area contributed by atoms with Crippen molar-refractivity contribution < 1.29 is 8.81 Å². The summed E-state index contributed by atoms with van der Waals surface area (Å²) < 4.78 is 19.0. The molecule has 0 aliphatic carbocycles. The molecule has 2 unspecified atom stereocenters. The van der Waals surface area contributed by atoms with Crippen molar-refractivity contribution in [1.29, 1.82) is 0 Å². The molecular weight excluding hydrogens is 229 g/mol. The highest BCUT2D eigenvalue weighted by Gasteiger charge is 2.21. The molecule has 0 aliphatic heterocycles. The molecule has 0 saturated carbocycles. The Labute approximate surface area is 107 Å². The van der Waals surface area contributed by atoms with Gasteiger partial charge in [-0.3, -0.25) is 0 Å². The van der Waals surface area contributed by atoms with E-state index < -0.39 is 0 Å². The topological polar surface area (TPSA) is 39.2 Å². The zero-order chi connectivity index (χ0) is 13.3. The maximum atomic E-state index is 13.2. The summed E-state index contributed by atoms with van der Waals surface area (Å²) in [6.07, 6.45) is 2.16. The van der Waals surface area contributed by atoms with Gasteiger partial charge in [0.05, 0.1) is 6.04 Å². The van der Waals surface area contributed by atoms with Gasteiger partial charge in [0, 0.05) is 10.9 Å². The maximum absolute atomic E-state index is 13.2. The molecule has 0 bridgehead atoms. The minimum atomic E-state index is -0.242. The van der Waals surface area contributed by atoms with E-state index in [0.29, 0.717) is 11.5 Å². The van der Waals surface area contributed by atoms with Crippen LogP contribution in [0.25, 0.3) is 11.0 Å². The second-order valence-corrected chi connectivity index (χ2v) is 5.02. The fourth-order valence-corrected chi connectivity index (χ4v) is 2.42. The Kier molecular flexibility index (Phi) is 3.71. The lowest BCUT2D eigenvalue weighted by molar-refractivity contribution is 0.373.